The molecule has 0 aliphatic carbocycles. The van der Waals surface area contributed by atoms with Crippen LogP contribution in [0.5, 0.6) is 0 Å². The quantitative estimate of drug-likeness (QED) is 0.695. The molecule has 0 aliphatic rings. The van der Waals surface area contributed by atoms with Crippen molar-refractivity contribution in [1.82, 2.24) is 10.2 Å². The largest absolute Gasteiger partial charge is 0.384 e. The smallest absolute Gasteiger partial charge is 0.205 e. The summed E-state index contributed by atoms with van der Waals surface area (Å²) in [6, 6.07) is 17.4. The Bertz CT molecular complexity index is 805. The van der Waals surface area contributed by atoms with Gasteiger partial charge in [0.15, 0.2) is 0 Å². The Morgan fingerprint density at radius 3 is 2.67 bits per heavy atom. The highest BCUT2D eigenvalue weighted by Gasteiger charge is 2.23. The van der Waals surface area contributed by atoms with Gasteiger partial charge in [-0.25, -0.2) is 0 Å². The van der Waals surface area contributed by atoms with Crippen LogP contribution < -0.4 is 5.32 Å². The van der Waals surface area contributed by atoms with Gasteiger partial charge in [0.1, 0.15) is 10.6 Å². The molecule has 1 atom stereocenters. The van der Waals surface area contributed by atoms with Crippen LogP contribution in [0, 0.1) is 0 Å². The van der Waals surface area contributed by atoms with E-state index in [0.717, 1.165) is 17.0 Å². The lowest BCUT2D eigenvalue weighted by Crippen LogP contribution is -2.30. The van der Waals surface area contributed by atoms with E-state index in [4.69, 9.17) is 11.6 Å². The van der Waals surface area contributed by atoms with Crippen molar-refractivity contribution in [3.05, 3.63) is 75.8 Å². The highest BCUT2D eigenvalue weighted by molar-refractivity contribution is 7.15. The molecule has 3 aromatic rings. The second-order valence-corrected chi connectivity index (χ2v) is 7.30. The predicted octanol–water partition coefficient (Wildman–Crippen LogP) is 4.10. The third-order valence-electron chi connectivity index (χ3n) is 3.70. The molecule has 1 unspecified atom stereocenters. The molecular formula is C18H18ClN3OS. The van der Waals surface area contributed by atoms with Crippen LogP contribution in [0.1, 0.15) is 23.1 Å². The molecule has 0 bridgehead atoms. The summed E-state index contributed by atoms with van der Waals surface area (Å²) >= 11 is 7.49. The van der Waals surface area contributed by atoms with Gasteiger partial charge in [0.2, 0.25) is 5.13 Å². The Hall–Kier alpha value is -1.95. The van der Waals surface area contributed by atoms with Crippen molar-refractivity contribution in [2.24, 2.45) is 0 Å². The Morgan fingerprint density at radius 2 is 1.92 bits per heavy atom. The minimum absolute atomic E-state index is 0.327. The minimum atomic E-state index is -1.05. The van der Waals surface area contributed by atoms with Crippen LogP contribution in [-0.4, -0.2) is 21.8 Å². The number of aliphatic hydroxyl groups is 1. The number of nitrogens with one attached hydrogen (secondary N) is 1. The summed E-state index contributed by atoms with van der Waals surface area (Å²) in [6.45, 7) is 2.07. The third-order valence-corrected chi connectivity index (χ3v) is 4.81. The molecule has 0 spiro atoms. The van der Waals surface area contributed by atoms with E-state index in [-0.39, 0.29) is 0 Å². The van der Waals surface area contributed by atoms with Crippen LogP contribution in [0.4, 0.5) is 5.13 Å². The molecule has 1 aromatic heterocycles. The molecule has 124 valence electrons. The number of hydrogen-bond donors (Lipinski definition) is 2. The molecular weight excluding hydrogens is 342 g/mol. The fourth-order valence-electron chi connectivity index (χ4n) is 2.34. The van der Waals surface area contributed by atoms with Crippen LogP contribution in [0.3, 0.4) is 0 Å². The second kappa shape index (κ2) is 7.30. The van der Waals surface area contributed by atoms with E-state index in [1.165, 1.54) is 16.9 Å². The lowest BCUT2D eigenvalue weighted by Gasteiger charge is -2.24. The van der Waals surface area contributed by atoms with Crippen LogP contribution in [0.15, 0.2) is 54.6 Å². The molecule has 0 aliphatic heterocycles. The van der Waals surface area contributed by atoms with Crippen LogP contribution in [0.2, 0.25) is 5.02 Å². The van der Waals surface area contributed by atoms with Gasteiger partial charge in [-0.3, -0.25) is 0 Å². The number of anilines is 1. The lowest BCUT2D eigenvalue weighted by atomic mass is 9.96. The Balaban J connectivity index is 1.62. The van der Waals surface area contributed by atoms with Crippen molar-refractivity contribution in [3.63, 3.8) is 0 Å². The molecule has 0 amide bonds. The van der Waals surface area contributed by atoms with Gasteiger partial charge in [-0.1, -0.05) is 65.4 Å². The van der Waals surface area contributed by atoms with Crippen LogP contribution >= 0.6 is 22.9 Å². The SMILES string of the molecule is CC(O)(CNc1nnc(Cc2ccccc2)s1)c1cccc(Cl)c1. The van der Waals surface area contributed by atoms with Crippen molar-refractivity contribution in [2.45, 2.75) is 18.9 Å². The van der Waals surface area contributed by atoms with Gasteiger partial charge >= 0.3 is 0 Å². The molecule has 24 heavy (non-hydrogen) atoms. The number of rotatable bonds is 6. The van der Waals surface area contributed by atoms with Gasteiger partial charge in [-0.2, -0.15) is 0 Å². The zero-order valence-electron chi connectivity index (χ0n) is 13.2. The second-order valence-electron chi connectivity index (χ2n) is 5.80. The average molecular weight is 360 g/mol. The topological polar surface area (TPSA) is 58.0 Å². The van der Waals surface area contributed by atoms with E-state index >= 15 is 0 Å². The fraction of sp³-hybridized carbons (Fsp3) is 0.222. The van der Waals surface area contributed by atoms with Gasteiger partial charge in [-0.05, 0) is 30.2 Å². The monoisotopic (exact) mass is 359 g/mol. The molecule has 6 heteroatoms. The first-order valence-corrected chi connectivity index (χ1v) is 8.81. The standard InChI is InChI=1S/C18H18ClN3OS/c1-18(23,14-8-5-9-15(19)11-14)12-20-17-22-21-16(24-17)10-13-6-3-2-4-7-13/h2-9,11,23H,10,12H2,1H3,(H,20,22). The first kappa shape index (κ1) is 16.9. The van der Waals surface area contributed by atoms with E-state index in [1.54, 1.807) is 19.1 Å². The molecule has 2 N–H and O–H groups in total. The number of hydrogen-bond acceptors (Lipinski definition) is 5. The van der Waals surface area contributed by atoms with E-state index in [9.17, 15) is 5.11 Å². The van der Waals surface area contributed by atoms with Crippen LogP contribution in [0.25, 0.3) is 0 Å². The van der Waals surface area contributed by atoms with E-state index in [0.29, 0.717) is 16.7 Å². The molecule has 0 saturated heterocycles. The maximum Gasteiger partial charge on any atom is 0.205 e. The molecule has 0 radical (unpaired) electrons. The number of aromatic nitrogens is 2. The molecule has 3 rings (SSSR count). The summed E-state index contributed by atoms with van der Waals surface area (Å²) in [5.74, 6) is 0. The summed E-state index contributed by atoms with van der Waals surface area (Å²) in [4.78, 5) is 0. The van der Waals surface area contributed by atoms with Crippen molar-refractivity contribution < 1.29 is 5.11 Å². The Labute approximate surface area is 150 Å². The lowest BCUT2D eigenvalue weighted by molar-refractivity contribution is 0.0715. The van der Waals surface area contributed by atoms with Crippen molar-refractivity contribution in [3.8, 4) is 0 Å². The van der Waals surface area contributed by atoms with E-state index in [2.05, 4.69) is 27.6 Å². The Kier molecular flexibility index (Phi) is 5.14. The summed E-state index contributed by atoms with van der Waals surface area (Å²) < 4.78 is 0. The maximum absolute atomic E-state index is 10.6. The summed E-state index contributed by atoms with van der Waals surface area (Å²) in [5.41, 5.74) is 0.915. The van der Waals surface area contributed by atoms with Crippen molar-refractivity contribution in [1.29, 1.82) is 0 Å². The third kappa shape index (κ3) is 4.32. The summed E-state index contributed by atoms with van der Waals surface area (Å²) in [7, 11) is 0. The highest BCUT2D eigenvalue weighted by Crippen LogP contribution is 2.25. The van der Waals surface area contributed by atoms with Crippen molar-refractivity contribution in [2.75, 3.05) is 11.9 Å². The van der Waals surface area contributed by atoms with Gasteiger partial charge < -0.3 is 10.4 Å². The van der Waals surface area contributed by atoms with Crippen LogP contribution in [-0.2, 0) is 12.0 Å². The fourth-order valence-corrected chi connectivity index (χ4v) is 3.30. The van der Waals surface area contributed by atoms with E-state index in [1.807, 2.05) is 30.3 Å². The van der Waals surface area contributed by atoms with Crippen molar-refractivity contribution >= 4 is 28.1 Å². The number of halogens is 1. The summed E-state index contributed by atoms with van der Waals surface area (Å²) in [6.07, 6.45) is 0.755. The van der Waals surface area contributed by atoms with E-state index < -0.39 is 5.60 Å². The molecule has 0 fully saturated rings. The van der Waals surface area contributed by atoms with Gasteiger partial charge in [0.25, 0.3) is 0 Å². The minimum Gasteiger partial charge on any atom is -0.384 e. The number of nitrogens with zero attached hydrogens (tertiary/aromatic N) is 2. The average Bonchev–Trinajstić information content (AvgIpc) is 3.02. The normalized spacial score (nSPS) is 13.5. The first-order valence-electron chi connectivity index (χ1n) is 7.61. The highest BCUT2D eigenvalue weighted by atomic mass is 35.5. The first-order chi connectivity index (χ1) is 11.5. The van der Waals surface area contributed by atoms with Gasteiger partial charge in [0, 0.05) is 18.0 Å². The molecule has 4 nitrogen and oxygen atoms in total. The van der Waals surface area contributed by atoms with Gasteiger partial charge in [-0.15, -0.1) is 10.2 Å². The number of benzene rings is 2. The molecule has 0 saturated carbocycles. The predicted molar refractivity (Wildman–Crippen MR) is 98.7 cm³/mol. The zero-order chi connectivity index (χ0) is 17.0. The maximum atomic E-state index is 10.6. The Morgan fingerprint density at radius 1 is 1.12 bits per heavy atom. The van der Waals surface area contributed by atoms with Gasteiger partial charge in [0.05, 0.1) is 0 Å². The summed E-state index contributed by atoms with van der Waals surface area (Å²) in [5, 5.41) is 24.4. The zero-order valence-corrected chi connectivity index (χ0v) is 14.8. The molecule has 2 aromatic carbocycles. The molecule has 1 heterocycles.